The number of methoxy groups -OCH3 is 1. The Balaban J connectivity index is 1.38. The van der Waals surface area contributed by atoms with E-state index in [1.807, 2.05) is 23.1 Å². The van der Waals surface area contributed by atoms with Gasteiger partial charge in [0.25, 0.3) is 0 Å². The number of halogens is 1. The van der Waals surface area contributed by atoms with Crippen molar-refractivity contribution in [2.75, 3.05) is 36.5 Å². The van der Waals surface area contributed by atoms with Gasteiger partial charge in [0.2, 0.25) is 11.3 Å². The predicted molar refractivity (Wildman–Crippen MR) is 157 cm³/mol. The first-order valence-corrected chi connectivity index (χ1v) is 14.4. The number of carboxylic acid groups (broad SMARTS) is 1. The average molecular weight is 593 g/mol. The molecule has 1 saturated heterocycles. The highest BCUT2D eigenvalue weighted by Crippen LogP contribution is 2.46. The summed E-state index contributed by atoms with van der Waals surface area (Å²) < 4.78 is 29.3. The third kappa shape index (κ3) is 5.04. The number of ether oxygens (including phenoxy) is 2. The summed E-state index contributed by atoms with van der Waals surface area (Å²) >= 11 is 0. The Hall–Kier alpha value is -4.61. The molecule has 1 unspecified atom stereocenters. The number of cyclic esters (lactones) is 1. The SMILES string of the molecule is COc1c(N2CCCc3cc(N4CC(CNC(C)=O)OC4=O)ccc3C2)c(F)c(C)c2c(=O)c(C(=O)O)cn(C3CC3)c12. The van der Waals surface area contributed by atoms with E-state index in [0.717, 1.165) is 24.0 Å². The molecule has 11 nitrogen and oxygen atoms in total. The van der Waals surface area contributed by atoms with Crippen LogP contribution in [0.15, 0.2) is 29.2 Å². The number of anilines is 2. The quantitative estimate of drug-likeness (QED) is 0.423. The smallest absolute Gasteiger partial charge is 0.414 e. The van der Waals surface area contributed by atoms with Crippen molar-refractivity contribution in [3.63, 3.8) is 0 Å². The summed E-state index contributed by atoms with van der Waals surface area (Å²) in [4.78, 5) is 52.5. The van der Waals surface area contributed by atoms with E-state index < -0.39 is 29.4 Å². The Morgan fingerprint density at radius 2 is 1.98 bits per heavy atom. The van der Waals surface area contributed by atoms with Gasteiger partial charge in [-0.3, -0.25) is 14.5 Å². The normalized spacial score (nSPS) is 18.3. The van der Waals surface area contributed by atoms with Crippen LogP contribution in [0.1, 0.15) is 59.3 Å². The van der Waals surface area contributed by atoms with Crippen molar-refractivity contribution in [3.8, 4) is 5.75 Å². The number of rotatable bonds is 7. The van der Waals surface area contributed by atoms with Crippen LogP contribution in [0.3, 0.4) is 0 Å². The van der Waals surface area contributed by atoms with Gasteiger partial charge in [-0.15, -0.1) is 0 Å². The zero-order valence-corrected chi connectivity index (χ0v) is 24.2. The third-order valence-corrected chi connectivity index (χ3v) is 8.46. The minimum Gasteiger partial charge on any atom is -0.492 e. The van der Waals surface area contributed by atoms with Crippen molar-refractivity contribution in [2.45, 2.75) is 58.2 Å². The first kappa shape index (κ1) is 28.5. The monoisotopic (exact) mass is 592 g/mol. The van der Waals surface area contributed by atoms with Crippen molar-refractivity contribution < 1.29 is 33.4 Å². The molecule has 43 heavy (non-hydrogen) atoms. The van der Waals surface area contributed by atoms with E-state index in [1.165, 1.54) is 27.2 Å². The molecule has 1 aromatic heterocycles. The predicted octanol–water partition coefficient (Wildman–Crippen LogP) is 3.90. The Morgan fingerprint density at radius 1 is 1.21 bits per heavy atom. The molecule has 3 aromatic rings. The number of carboxylic acids is 1. The highest BCUT2D eigenvalue weighted by Gasteiger charge is 2.35. The molecule has 2 N–H and O–H groups in total. The lowest BCUT2D eigenvalue weighted by atomic mass is 10.0. The van der Waals surface area contributed by atoms with Crippen LogP contribution < -0.4 is 25.3 Å². The lowest BCUT2D eigenvalue weighted by Crippen LogP contribution is -2.33. The highest BCUT2D eigenvalue weighted by atomic mass is 19.1. The van der Waals surface area contributed by atoms with Crippen molar-refractivity contribution >= 4 is 40.2 Å². The summed E-state index contributed by atoms with van der Waals surface area (Å²) in [6.07, 6.45) is 3.47. The van der Waals surface area contributed by atoms with E-state index in [0.29, 0.717) is 43.7 Å². The zero-order chi connectivity index (χ0) is 30.6. The second-order valence-corrected chi connectivity index (χ2v) is 11.4. The number of nitrogens with zero attached hydrogens (tertiary/aromatic N) is 3. The number of hydrogen-bond donors (Lipinski definition) is 2. The Labute approximate surface area is 246 Å². The zero-order valence-electron chi connectivity index (χ0n) is 24.2. The topological polar surface area (TPSA) is 130 Å². The van der Waals surface area contributed by atoms with Gasteiger partial charge in [-0.2, -0.15) is 0 Å². The van der Waals surface area contributed by atoms with Gasteiger partial charge in [0.15, 0.2) is 11.6 Å². The van der Waals surface area contributed by atoms with Crippen LogP contribution >= 0.6 is 0 Å². The molecule has 2 aromatic carbocycles. The minimum absolute atomic E-state index is 0.00575. The van der Waals surface area contributed by atoms with E-state index >= 15 is 4.39 Å². The van der Waals surface area contributed by atoms with Crippen LogP contribution in [0.2, 0.25) is 0 Å². The summed E-state index contributed by atoms with van der Waals surface area (Å²) in [7, 11) is 1.44. The maximum absolute atomic E-state index is 16.3. The summed E-state index contributed by atoms with van der Waals surface area (Å²) in [5.41, 5.74) is 2.30. The number of aromatic nitrogens is 1. The fraction of sp³-hybridized carbons (Fsp3) is 0.419. The molecule has 3 aliphatic rings. The molecule has 1 saturated carbocycles. The largest absolute Gasteiger partial charge is 0.492 e. The molecule has 1 atom stereocenters. The lowest BCUT2D eigenvalue weighted by Gasteiger charge is -2.28. The van der Waals surface area contributed by atoms with Crippen molar-refractivity contribution in [2.24, 2.45) is 0 Å². The lowest BCUT2D eigenvalue weighted by molar-refractivity contribution is -0.119. The number of carbonyl (C=O) groups is 3. The number of benzene rings is 2. The van der Waals surface area contributed by atoms with Gasteiger partial charge in [0.05, 0.1) is 31.1 Å². The number of carbonyl (C=O) groups excluding carboxylic acids is 2. The number of aryl methyl sites for hydroxylation is 2. The van der Waals surface area contributed by atoms with Gasteiger partial charge in [0, 0.05) is 43.5 Å². The third-order valence-electron chi connectivity index (χ3n) is 8.46. The molecule has 0 spiro atoms. The maximum atomic E-state index is 16.3. The van der Waals surface area contributed by atoms with Crippen LogP contribution in [0.5, 0.6) is 5.75 Å². The van der Waals surface area contributed by atoms with Gasteiger partial charge in [-0.1, -0.05) is 6.07 Å². The van der Waals surface area contributed by atoms with Crippen LogP contribution in [0, 0.1) is 12.7 Å². The number of fused-ring (bicyclic) bond motifs is 2. The van der Waals surface area contributed by atoms with Gasteiger partial charge >= 0.3 is 12.1 Å². The molecular weight excluding hydrogens is 559 g/mol. The number of pyridine rings is 1. The average Bonchev–Trinajstić information content (AvgIpc) is 3.77. The van der Waals surface area contributed by atoms with Crippen molar-refractivity contribution in [1.82, 2.24) is 9.88 Å². The molecule has 2 aliphatic heterocycles. The van der Waals surface area contributed by atoms with E-state index in [9.17, 15) is 24.3 Å². The molecule has 0 radical (unpaired) electrons. The molecule has 2 amide bonds. The molecule has 2 fully saturated rings. The van der Waals surface area contributed by atoms with Gasteiger partial charge in [-0.25, -0.2) is 14.0 Å². The molecule has 3 heterocycles. The molecule has 0 bridgehead atoms. The van der Waals surface area contributed by atoms with Crippen molar-refractivity contribution in [1.29, 1.82) is 0 Å². The Morgan fingerprint density at radius 3 is 2.65 bits per heavy atom. The van der Waals surface area contributed by atoms with Gasteiger partial charge < -0.3 is 29.4 Å². The number of aromatic carboxylic acids is 1. The summed E-state index contributed by atoms with van der Waals surface area (Å²) in [5.74, 6) is -1.95. The maximum Gasteiger partial charge on any atom is 0.414 e. The molecular formula is C31H33FN4O7. The standard InChI is InChI=1S/C31H33FN4O7/c1-16-24-26(35(20-8-9-20)15-23(28(24)38)30(39)40)29(42-3)27(25(16)32)34-10-4-5-18-11-21(7-6-19(18)13-34)36-14-22(43-31(36)41)12-33-17(2)37/h6-7,11,15,20,22H,4-5,8-10,12-14H2,1-3H3,(H,33,37)(H,39,40). The fourth-order valence-electron chi connectivity index (χ4n) is 6.18. The van der Waals surface area contributed by atoms with Crippen LogP contribution in [0.4, 0.5) is 20.6 Å². The first-order chi connectivity index (χ1) is 20.6. The van der Waals surface area contributed by atoms with E-state index in [1.54, 1.807) is 9.47 Å². The Kier molecular flexibility index (Phi) is 7.23. The van der Waals surface area contributed by atoms with Crippen LogP contribution in [0.25, 0.3) is 10.9 Å². The molecule has 226 valence electrons. The number of hydrogen-bond acceptors (Lipinski definition) is 7. The first-order valence-electron chi connectivity index (χ1n) is 14.4. The molecule has 12 heteroatoms. The summed E-state index contributed by atoms with van der Waals surface area (Å²) in [6, 6.07) is 5.72. The van der Waals surface area contributed by atoms with E-state index in [-0.39, 0.29) is 46.4 Å². The van der Waals surface area contributed by atoms with Gasteiger partial charge in [-0.05, 0) is 55.9 Å². The van der Waals surface area contributed by atoms with E-state index in [2.05, 4.69) is 5.32 Å². The van der Waals surface area contributed by atoms with Gasteiger partial charge in [0.1, 0.15) is 17.4 Å². The Bertz CT molecular complexity index is 1730. The highest BCUT2D eigenvalue weighted by molar-refractivity contribution is 5.99. The molecule has 6 rings (SSSR count). The van der Waals surface area contributed by atoms with Crippen molar-refractivity contribution in [3.05, 3.63) is 62.7 Å². The second-order valence-electron chi connectivity index (χ2n) is 11.4. The second kappa shape index (κ2) is 10.9. The minimum atomic E-state index is -1.35. The molecule has 1 aliphatic carbocycles. The van der Waals surface area contributed by atoms with Crippen LogP contribution in [-0.4, -0.2) is 60.5 Å². The van der Waals surface area contributed by atoms with Crippen LogP contribution in [-0.2, 0) is 22.5 Å². The summed E-state index contributed by atoms with van der Waals surface area (Å²) in [6.45, 7) is 4.35. The summed E-state index contributed by atoms with van der Waals surface area (Å²) in [5, 5.41) is 12.4. The van der Waals surface area contributed by atoms with E-state index in [4.69, 9.17) is 9.47 Å². The fourth-order valence-corrected chi connectivity index (χ4v) is 6.18. The number of nitrogens with one attached hydrogen (secondary N) is 1. The number of amides is 2.